The summed E-state index contributed by atoms with van der Waals surface area (Å²) in [6, 6.07) is 5.90. The van der Waals surface area contributed by atoms with Crippen molar-refractivity contribution in [2.24, 2.45) is 5.16 Å². The first-order valence-electron chi connectivity index (χ1n) is 13.3. The summed E-state index contributed by atoms with van der Waals surface area (Å²) in [7, 11) is 0. The summed E-state index contributed by atoms with van der Waals surface area (Å²) in [6.07, 6.45) is 10.2. The lowest BCUT2D eigenvalue weighted by atomic mass is 9.89. The molecule has 2 aromatic rings. The topological polar surface area (TPSA) is 73.1 Å². The largest absolute Gasteiger partial charge is 0.379 e. The van der Waals surface area contributed by atoms with Gasteiger partial charge in [0.1, 0.15) is 0 Å². The van der Waals surface area contributed by atoms with E-state index in [2.05, 4.69) is 40.9 Å². The Morgan fingerprint density at radius 1 is 1.14 bits per heavy atom. The van der Waals surface area contributed by atoms with Crippen molar-refractivity contribution in [1.82, 2.24) is 9.47 Å². The van der Waals surface area contributed by atoms with Gasteiger partial charge in [-0.1, -0.05) is 23.7 Å². The van der Waals surface area contributed by atoms with Crippen LogP contribution < -0.4 is 0 Å². The Kier molecular flexibility index (Phi) is 10.4. The molecule has 1 fully saturated rings. The van der Waals surface area contributed by atoms with Crippen LogP contribution >= 0.6 is 0 Å². The van der Waals surface area contributed by atoms with E-state index in [1.165, 1.54) is 6.08 Å². The van der Waals surface area contributed by atoms with Gasteiger partial charge < -0.3 is 14.1 Å². The van der Waals surface area contributed by atoms with Gasteiger partial charge >= 0.3 is 5.97 Å². The first kappa shape index (κ1) is 28.5. The van der Waals surface area contributed by atoms with Crippen LogP contribution in [-0.2, 0) is 20.9 Å². The highest BCUT2D eigenvalue weighted by Crippen LogP contribution is 2.29. The molecule has 7 heteroatoms. The lowest BCUT2D eigenvalue weighted by Gasteiger charge is -2.39. The number of morpholine rings is 1. The first-order chi connectivity index (χ1) is 17.8. The molecular weight excluding hydrogens is 466 g/mol. The number of nitrogens with zero attached hydrogens (tertiary/aromatic N) is 3. The van der Waals surface area contributed by atoms with Gasteiger partial charge in [-0.25, -0.2) is 4.79 Å². The monoisotopic (exact) mass is 507 g/mol. The number of rotatable bonds is 14. The molecule has 0 spiro atoms. The maximum atomic E-state index is 13.7. The molecule has 0 unspecified atom stereocenters. The van der Waals surface area contributed by atoms with Crippen molar-refractivity contribution in [3.8, 4) is 0 Å². The second kappa shape index (κ2) is 13.5. The Bertz CT molecular complexity index is 1140. The van der Waals surface area contributed by atoms with Gasteiger partial charge in [0.15, 0.2) is 5.78 Å². The van der Waals surface area contributed by atoms with Crippen molar-refractivity contribution in [2.45, 2.75) is 71.4 Å². The molecule has 3 rings (SSSR count). The molecule has 1 aliphatic heterocycles. The number of allylic oxidation sites excluding steroid dienone is 1. The molecule has 0 bridgehead atoms. The fourth-order valence-corrected chi connectivity index (χ4v) is 4.80. The molecule has 37 heavy (non-hydrogen) atoms. The predicted molar refractivity (Wildman–Crippen MR) is 149 cm³/mol. The number of hydrogen-bond donors (Lipinski definition) is 0. The molecule has 7 nitrogen and oxygen atoms in total. The Labute approximate surface area is 220 Å². The number of benzene rings is 1. The number of aromatic nitrogens is 1. The maximum absolute atomic E-state index is 13.7. The van der Waals surface area contributed by atoms with E-state index < -0.39 is 11.5 Å². The Hall–Kier alpha value is -3.03. The Morgan fingerprint density at radius 2 is 1.89 bits per heavy atom. The predicted octanol–water partition coefficient (Wildman–Crippen LogP) is 5.91. The number of Topliss-reactive ketones (excluding diaryl/α,β-unsaturated/α-hetero) is 1. The quantitative estimate of drug-likeness (QED) is 0.0793. The second-order valence-corrected chi connectivity index (χ2v) is 9.93. The summed E-state index contributed by atoms with van der Waals surface area (Å²) in [6.45, 7) is 16.9. The van der Waals surface area contributed by atoms with Crippen molar-refractivity contribution in [3.05, 3.63) is 60.8 Å². The molecule has 1 aromatic carbocycles. The SMILES string of the molecule is C=CCCCCC/C(=N\OC(=O)CC=C)c1cn(CC)c2ccc(C(=O)C(C)(C)N3CCOCC3)cc12. The van der Waals surface area contributed by atoms with E-state index in [1.54, 1.807) is 0 Å². The maximum Gasteiger partial charge on any atom is 0.338 e. The van der Waals surface area contributed by atoms with Crippen LogP contribution in [0, 0.1) is 0 Å². The summed E-state index contributed by atoms with van der Waals surface area (Å²) in [5.41, 5.74) is 2.65. The zero-order valence-corrected chi connectivity index (χ0v) is 22.6. The molecule has 0 saturated carbocycles. The van der Waals surface area contributed by atoms with Crippen LogP contribution in [0.2, 0.25) is 0 Å². The number of oxime groups is 1. The minimum atomic E-state index is -0.646. The number of unbranched alkanes of at least 4 members (excludes halogenated alkanes) is 3. The average Bonchev–Trinajstić information content (AvgIpc) is 3.28. The second-order valence-electron chi connectivity index (χ2n) is 9.93. The number of ketones is 1. The average molecular weight is 508 g/mol. The summed E-state index contributed by atoms with van der Waals surface area (Å²) in [5.74, 6) is -0.367. The number of carbonyl (C=O) groups excluding carboxylic acids is 2. The first-order valence-corrected chi connectivity index (χ1v) is 13.3. The molecule has 0 atom stereocenters. The van der Waals surface area contributed by atoms with Crippen molar-refractivity contribution in [3.63, 3.8) is 0 Å². The van der Waals surface area contributed by atoms with Gasteiger partial charge in [0.25, 0.3) is 0 Å². The van der Waals surface area contributed by atoms with E-state index in [0.29, 0.717) is 30.9 Å². The van der Waals surface area contributed by atoms with E-state index >= 15 is 0 Å². The zero-order chi connectivity index (χ0) is 26.8. The van der Waals surface area contributed by atoms with E-state index in [1.807, 2.05) is 38.1 Å². The molecule has 0 N–H and O–H groups in total. The molecule has 1 saturated heterocycles. The van der Waals surface area contributed by atoms with Gasteiger partial charge in [-0.05, 0) is 64.7 Å². The molecule has 1 aliphatic rings. The van der Waals surface area contributed by atoms with Gasteiger partial charge in [0.05, 0.1) is 30.9 Å². The van der Waals surface area contributed by atoms with Crippen LogP contribution in [0.15, 0.2) is 54.9 Å². The number of hydrogen-bond acceptors (Lipinski definition) is 6. The highest BCUT2D eigenvalue weighted by atomic mass is 16.7. The van der Waals surface area contributed by atoms with Crippen molar-refractivity contribution >= 4 is 28.4 Å². The minimum absolute atomic E-state index is 0.0758. The third-order valence-corrected chi connectivity index (χ3v) is 7.04. The van der Waals surface area contributed by atoms with Gasteiger partial charge in [0.2, 0.25) is 0 Å². The lowest BCUT2D eigenvalue weighted by molar-refractivity contribution is -0.142. The number of ether oxygens (including phenoxy) is 1. The normalized spacial score (nSPS) is 15.1. The van der Waals surface area contributed by atoms with Crippen LogP contribution in [-0.4, -0.2) is 58.8 Å². The van der Waals surface area contributed by atoms with Crippen molar-refractivity contribution < 1.29 is 19.2 Å². The van der Waals surface area contributed by atoms with Crippen LogP contribution in [0.5, 0.6) is 0 Å². The van der Waals surface area contributed by atoms with Crippen LogP contribution in [0.25, 0.3) is 10.9 Å². The summed E-state index contributed by atoms with van der Waals surface area (Å²) < 4.78 is 7.63. The van der Waals surface area contributed by atoms with Gasteiger partial charge in [-0.3, -0.25) is 9.69 Å². The molecule has 2 heterocycles. The molecule has 0 radical (unpaired) electrons. The highest BCUT2D eigenvalue weighted by molar-refractivity contribution is 6.13. The van der Waals surface area contributed by atoms with Crippen LogP contribution in [0.3, 0.4) is 0 Å². The zero-order valence-electron chi connectivity index (χ0n) is 22.6. The van der Waals surface area contributed by atoms with Crippen molar-refractivity contribution in [1.29, 1.82) is 0 Å². The van der Waals surface area contributed by atoms with Gasteiger partial charge in [-0.15, -0.1) is 13.2 Å². The Morgan fingerprint density at radius 3 is 2.57 bits per heavy atom. The highest BCUT2D eigenvalue weighted by Gasteiger charge is 2.36. The number of carbonyl (C=O) groups is 2. The van der Waals surface area contributed by atoms with Crippen LogP contribution in [0.4, 0.5) is 0 Å². The van der Waals surface area contributed by atoms with E-state index in [-0.39, 0.29) is 12.2 Å². The molecule has 0 aliphatic carbocycles. The van der Waals surface area contributed by atoms with Crippen molar-refractivity contribution in [2.75, 3.05) is 26.3 Å². The van der Waals surface area contributed by atoms with E-state index in [4.69, 9.17) is 9.57 Å². The summed E-state index contributed by atoms with van der Waals surface area (Å²) in [5, 5.41) is 5.24. The standard InChI is InChI=1S/C30H41N3O4/c1-6-9-10-11-12-14-26(31-37-28(34)13-7-2)25-22-32(8-3)27-16-15-23(21-24(25)27)29(35)30(4,5)33-17-19-36-20-18-33/h6-7,15-16,21-22H,1-2,8-14,17-20H2,3-5H3/b31-26+. The molecular formula is C30H41N3O4. The number of fused-ring (bicyclic) bond motifs is 1. The number of aryl methyl sites for hydroxylation is 1. The van der Waals surface area contributed by atoms with Gasteiger partial charge in [-0.2, -0.15) is 0 Å². The summed E-state index contributed by atoms with van der Waals surface area (Å²) >= 11 is 0. The fraction of sp³-hybridized carbons (Fsp3) is 0.500. The van der Waals surface area contributed by atoms with E-state index in [9.17, 15) is 9.59 Å². The fourth-order valence-electron chi connectivity index (χ4n) is 4.80. The lowest BCUT2D eigenvalue weighted by Crippen LogP contribution is -2.54. The smallest absolute Gasteiger partial charge is 0.338 e. The third-order valence-electron chi connectivity index (χ3n) is 7.04. The van der Waals surface area contributed by atoms with Crippen LogP contribution in [0.1, 0.15) is 75.2 Å². The summed E-state index contributed by atoms with van der Waals surface area (Å²) in [4.78, 5) is 33.2. The Balaban J connectivity index is 1.98. The molecule has 1 aromatic heterocycles. The van der Waals surface area contributed by atoms with Gasteiger partial charge in [0, 0.05) is 47.9 Å². The molecule has 200 valence electrons. The molecule has 0 amide bonds. The third kappa shape index (κ3) is 7.05. The minimum Gasteiger partial charge on any atom is -0.379 e. The van der Waals surface area contributed by atoms with E-state index in [0.717, 1.165) is 61.8 Å².